The largest absolute Gasteiger partial charge is 0.488 e. The van der Waals surface area contributed by atoms with Gasteiger partial charge in [-0.05, 0) is 22.4 Å². The van der Waals surface area contributed by atoms with Crippen LogP contribution >= 0.6 is 0 Å². The Morgan fingerprint density at radius 1 is 0.917 bits per heavy atom. The van der Waals surface area contributed by atoms with E-state index >= 15 is 0 Å². The predicted molar refractivity (Wildman–Crippen MR) is 98.1 cm³/mol. The first kappa shape index (κ1) is 15.6. The maximum absolute atomic E-state index is 5.99. The maximum atomic E-state index is 5.99. The summed E-state index contributed by atoms with van der Waals surface area (Å²) < 4.78 is 5.99. The highest BCUT2D eigenvalue weighted by Crippen LogP contribution is 2.27. The van der Waals surface area contributed by atoms with Gasteiger partial charge in [-0.2, -0.15) is 5.10 Å². The van der Waals surface area contributed by atoms with Gasteiger partial charge in [0.2, 0.25) is 5.96 Å². The molecule has 5 nitrogen and oxygen atoms in total. The number of nitrogens with zero attached hydrogens (tertiary/aromatic N) is 2. The molecule has 3 rings (SSSR count). The van der Waals surface area contributed by atoms with E-state index in [1.807, 2.05) is 66.7 Å². The van der Waals surface area contributed by atoms with E-state index in [0.29, 0.717) is 6.61 Å². The lowest BCUT2D eigenvalue weighted by Crippen LogP contribution is -2.21. The molecule has 0 aliphatic carbocycles. The third-order valence-corrected chi connectivity index (χ3v) is 3.53. The number of rotatable bonds is 5. The van der Waals surface area contributed by atoms with E-state index in [2.05, 4.69) is 10.2 Å². The summed E-state index contributed by atoms with van der Waals surface area (Å²) in [6.07, 6.45) is 1.61. The summed E-state index contributed by atoms with van der Waals surface area (Å²) in [6, 6.07) is 22.0. The lowest BCUT2D eigenvalue weighted by Gasteiger charge is -2.11. The molecule has 0 fully saturated rings. The number of fused-ring (bicyclic) bond motifs is 1. The standard InChI is InChI=1S/C19H18N4O/c20-19(21)23-22-12-17-16-9-5-4-8-15(16)10-11-18(17)24-13-14-6-2-1-3-7-14/h1-12H,13H2,(H4,20,21,23)/b22-12+. The predicted octanol–water partition coefficient (Wildman–Crippen LogP) is 3.03. The monoisotopic (exact) mass is 318 g/mol. The number of benzene rings is 3. The molecule has 3 aromatic rings. The average molecular weight is 318 g/mol. The van der Waals surface area contributed by atoms with E-state index in [0.717, 1.165) is 27.6 Å². The van der Waals surface area contributed by atoms with Crippen molar-refractivity contribution in [3.05, 3.63) is 77.9 Å². The summed E-state index contributed by atoms with van der Waals surface area (Å²) in [7, 11) is 0. The minimum Gasteiger partial charge on any atom is -0.488 e. The SMILES string of the molecule is NC(N)=N/N=C/c1c(OCc2ccccc2)ccc2ccccc12. The Bertz CT molecular complexity index is 884. The van der Waals surface area contributed by atoms with Gasteiger partial charge in [-0.1, -0.05) is 60.7 Å². The molecule has 5 heteroatoms. The minimum absolute atomic E-state index is 0.0850. The molecule has 0 unspecified atom stereocenters. The van der Waals surface area contributed by atoms with Crippen molar-refractivity contribution in [3.63, 3.8) is 0 Å². The lowest BCUT2D eigenvalue weighted by molar-refractivity contribution is 0.306. The second-order valence-electron chi connectivity index (χ2n) is 5.24. The van der Waals surface area contributed by atoms with E-state index in [4.69, 9.17) is 16.2 Å². The summed E-state index contributed by atoms with van der Waals surface area (Å²) >= 11 is 0. The minimum atomic E-state index is -0.0850. The van der Waals surface area contributed by atoms with E-state index in [1.165, 1.54) is 0 Å². The van der Waals surface area contributed by atoms with Crippen LogP contribution in [0.15, 0.2) is 76.9 Å². The maximum Gasteiger partial charge on any atom is 0.211 e. The fraction of sp³-hybridized carbons (Fsp3) is 0.0526. The van der Waals surface area contributed by atoms with Crippen molar-refractivity contribution >= 4 is 22.9 Å². The molecule has 0 aromatic heterocycles. The van der Waals surface area contributed by atoms with Crippen molar-refractivity contribution in [2.75, 3.05) is 0 Å². The Morgan fingerprint density at radius 3 is 2.46 bits per heavy atom. The second kappa shape index (κ2) is 7.28. The van der Waals surface area contributed by atoms with Crippen LogP contribution in [-0.4, -0.2) is 12.2 Å². The van der Waals surface area contributed by atoms with Gasteiger partial charge in [-0.25, -0.2) is 0 Å². The van der Waals surface area contributed by atoms with Crippen molar-refractivity contribution in [1.29, 1.82) is 0 Å². The first-order chi connectivity index (χ1) is 11.7. The summed E-state index contributed by atoms with van der Waals surface area (Å²) in [6.45, 7) is 0.475. The Balaban J connectivity index is 1.96. The third-order valence-electron chi connectivity index (χ3n) is 3.53. The van der Waals surface area contributed by atoms with Crippen LogP contribution in [0.4, 0.5) is 0 Å². The summed E-state index contributed by atoms with van der Waals surface area (Å²) in [5.74, 6) is 0.644. The number of hydrogen-bond acceptors (Lipinski definition) is 3. The highest BCUT2D eigenvalue weighted by atomic mass is 16.5. The van der Waals surface area contributed by atoms with Crippen LogP contribution in [0.3, 0.4) is 0 Å². The Morgan fingerprint density at radius 2 is 1.67 bits per heavy atom. The molecule has 120 valence electrons. The second-order valence-corrected chi connectivity index (χ2v) is 5.24. The van der Waals surface area contributed by atoms with Crippen molar-refractivity contribution in [2.45, 2.75) is 6.61 Å². The van der Waals surface area contributed by atoms with Crippen LogP contribution in [0.1, 0.15) is 11.1 Å². The average Bonchev–Trinajstić information content (AvgIpc) is 2.61. The van der Waals surface area contributed by atoms with Crippen molar-refractivity contribution < 1.29 is 4.74 Å². The zero-order valence-electron chi connectivity index (χ0n) is 13.1. The lowest BCUT2D eigenvalue weighted by atomic mass is 10.0. The fourth-order valence-electron chi connectivity index (χ4n) is 2.42. The highest BCUT2D eigenvalue weighted by molar-refractivity contribution is 6.02. The number of hydrogen-bond donors (Lipinski definition) is 2. The normalized spacial score (nSPS) is 10.8. The Kier molecular flexibility index (Phi) is 4.72. The van der Waals surface area contributed by atoms with Gasteiger partial charge in [0, 0.05) is 5.56 Å². The molecular weight excluding hydrogens is 300 g/mol. The van der Waals surface area contributed by atoms with Crippen LogP contribution in [0, 0.1) is 0 Å². The van der Waals surface area contributed by atoms with Crippen LogP contribution in [0.2, 0.25) is 0 Å². The quantitative estimate of drug-likeness (QED) is 0.431. The summed E-state index contributed by atoms with van der Waals surface area (Å²) in [5, 5.41) is 9.73. The van der Waals surface area contributed by atoms with Crippen molar-refractivity contribution in [3.8, 4) is 5.75 Å². The Labute approximate surface area is 140 Å². The Hall–Kier alpha value is -3.34. The number of ether oxygens (including phenoxy) is 1. The van der Waals surface area contributed by atoms with Gasteiger partial charge >= 0.3 is 0 Å². The van der Waals surface area contributed by atoms with E-state index in [1.54, 1.807) is 6.21 Å². The van der Waals surface area contributed by atoms with Gasteiger partial charge < -0.3 is 16.2 Å². The summed E-state index contributed by atoms with van der Waals surface area (Å²) in [4.78, 5) is 0. The fourth-order valence-corrected chi connectivity index (χ4v) is 2.42. The molecule has 0 atom stereocenters. The molecule has 0 heterocycles. The third kappa shape index (κ3) is 3.70. The van der Waals surface area contributed by atoms with Crippen LogP contribution in [0.5, 0.6) is 5.75 Å². The first-order valence-electron chi connectivity index (χ1n) is 7.54. The van der Waals surface area contributed by atoms with Crippen molar-refractivity contribution in [2.24, 2.45) is 21.7 Å². The highest BCUT2D eigenvalue weighted by Gasteiger charge is 2.07. The van der Waals surface area contributed by atoms with Crippen LogP contribution in [-0.2, 0) is 6.61 Å². The van der Waals surface area contributed by atoms with Gasteiger partial charge in [0.15, 0.2) is 0 Å². The van der Waals surface area contributed by atoms with Crippen LogP contribution in [0.25, 0.3) is 10.8 Å². The zero-order valence-corrected chi connectivity index (χ0v) is 13.1. The number of nitrogens with two attached hydrogens (primary N) is 2. The molecule has 0 saturated carbocycles. The van der Waals surface area contributed by atoms with Gasteiger partial charge in [-0.15, -0.1) is 5.10 Å². The number of guanidine groups is 1. The molecule has 0 bridgehead atoms. The van der Waals surface area contributed by atoms with Crippen LogP contribution < -0.4 is 16.2 Å². The van der Waals surface area contributed by atoms with E-state index in [9.17, 15) is 0 Å². The summed E-state index contributed by atoms with van der Waals surface area (Å²) in [5.41, 5.74) is 12.6. The van der Waals surface area contributed by atoms with Gasteiger partial charge in [0.25, 0.3) is 0 Å². The van der Waals surface area contributed by atoms with Gasteiger partial charge in [0.05, 0.1) is 6.21 Å². The molecule has 0 saturated heterocycles. The van der Waals surface area contributed by atoms with E-state index in [-0.39, 0.29) is 5.96 Å². The smallest absolute Gasteiger partial charge is 0.211 e. The zero-order chi connectivity index (χ0) is 16.8. The molecule has 0 amide bonds. The molecule has 4 N–H and O–H groups in total. The van der Waals surface area contributed by atoms with Gasteiger partial charge in [-0.3, -0.25) is 0 Å². The molecule has 0 radical (unpaired) electrons. The molecule has 3 aromatic carbocycles. The molecule has 0 aliphatic heterocycles. The topological polar surface area (TPSA) is 86.0 Å². The molecule has 0 spiro atoms. The molecule has 24 heavy (non-hydrogen) atoms. The van der Waals surface area contributed by atoms with Gasteiger partial charge in [0.1, 0.15) is 12.4 Å². The molecule has 0 aliphatic rings. The molecular formula is C19H18N4O. The van der Waals surface area contributed by atoms with Crippen molar-refractivity contribution in [1.82, 2.24) is 0 Å². The van der Waals surface area contributed by atoms with E-state index < -0.39 is 0 Å². The first-order valence-corrected chi connectivity index (χ1v) is 7.54.